The van der Waals surface area contributed by atoms with Crippen LogP contribution in [0.1, 0.15) is 25.0 Å². The number of nitrogens with one attached hydrogen (secondary N) is 1. The molecule has 0 bridgehead atoms. The van der Waals surface area contributed by atoms with Crippen LogP contribution < -0.4 is 11.1 Å². The summed E-state index contributed by atoms with van der Waals surface area (Å²) in [5, 5.41) is 16.0. The molecule has 0 saturated carbocycles. The summed E-state index contributed by atoms with van der Waals surface area (Å²) in [6.45, 7) is 2.06. The molecule has 0 aliphatic rings. The highest BCUT2D eigenvalue weighted by atomic mass is 32.1. The number of carbonyl (C=O) groups is 1. The van der Waals surface area contributed by atoms with E-state index in [-0.39, 0.29) is 12.5 Å². The Hall–Kier alpha value is -0.910. The summed E-state index contributed by atoms with van der Waals surface area (Å²) in [6, 6.07) is 1.35. The van der Waals surface area contributed by atoms with Crippen LogP contribution in [0.25, 0.3) is 0 Å². The largest absolute Gasteiger partial charge is 0.387 e. The van der Waals surface area contributed by atoms with Crippen LogP contribution in [0.15, 0.2) is 16.8 Å². The van der Waals surface area contributed by atoms with Crippen LogP contribution in [0.5, 0.6) is 0 Å². The van der Waals surface area contributed by atoms with E-state index in [4.69, 9.17) is 5.73 Å². The highest BCUT2D eigenvalue weighted by Gasteiger charge is 2.13. The van der Waals surface area contributed by atoms with Gasteiger partial charge in [0.2, 0.25) is 5.91 Å². The molecule has 2 unspecified atom stereocenters. The van der Waals surface area contributed by atoms with Crippen LogP contribution in [0.2, 0.25) is 0 Å². The fourth-order valence-corrected chi connectivity index (χ4v) is 1.80. The minimum absolute atomic E-state index is 0.212. The fourth-order valence-electron chi connectivity index (χ4n) is 1.10. The molecule has 0 radical (unpaired) electrons. The van der Waals surface area contributed by atoms with Gasteiger partial charge >= 0.3 is 0 Å². The second-order valence-corrected chi connectivity index (χ2v) is 4.11. The zero-order chi connectivity index (χ0) is 11.3. The number of carbonyl (C=O) groups excluding carboxylic acids is 1. The number of nitrogens with two attached hydrogens (primary N) is 1. The van der Waals surface area contributed by atoms with Crippen molar-refractivity contribution in [2.24, 2.45) is 5.73 Å². The predicted molar refractivity (Wildman–Crippen MR) is 60.6 cm³/mol. The molecule has 1 heterocycles. The number of hydrogen-bond acceptors (Lipinski definition) is 4. The van der Waals surface area contributed by atoms with E-state index in [2.05, 4.69) is 5.32 Å². The van der Waals surface area contributed by atoms with Crippen molar-refractivity contribution in [1.29, 1.82) is 0 Å². The first kappa shape index (κ1) is 12.2. The molecule has 4 N–H and O–H groups in total. The Morgan fingerprint density at radius 3 is 3.00 bits per heavy atom. The minimum atomic E-state index is -0.649. The molecule has 4 nitrogen and oxygen atoms in total. The van der Waals surface area contributed by atoms with Gasteiger partial charge in [-0.05, 0) is 28.8 Å². The van der Waals surface area contributed by atoms with Crippen molar-refractivity contribution >= 4 is 17.2 Å². The van der Waals surface area contributed by atoms with E-state index in [1.807, 2.05) is 23.8 Å². The Kier molecular flexibility index (Phi) is 4.74. The van der Waals surface area contributed by atoms with Crippen LogP contribution in [0.3, 0.4) is 0 Å². The van der Waals surface area contributed by atoms with E-state index >= 15 is 0 Å². The molecule has 2 atom stereocenters. The number of aliphatic hydroxyl groups excluding tert-OH is 1. The van der Waals surface area contributed by atoms with Gasteiger partial charge in [0.25, 0.3) is 0 Å². The van der Waals surface area contributed by atoms with Gasteiger partial charge in [0, 0.05) is 6.54 Å². The quantitative estimate of drug-likeness (QED) is 0.692. The molecule has 0 fully saturated rings. The zero-order valence-corrected chi connectivity index (χ0v) is 9.46. The van der Waals surface area contributed by atoms with E-state index in [1.54, 1.807) is 0 Å². The van der Waals surface area contributed by atoms with Crippen LogP contribution in [-0.4, -0.2) is 23.6 Å². The normalized spacial score (nSPS) is 14.6. The van der Waals surface area contributed by atoms with Crippen LogP contribution in [-0.2, 0) is 4.79 Å². The van der Waals surface area contributed by atoms with Crippen LogP contribution >= 0.6 is 11.3 Å². The van der Waals surface area contributed by atoms with Gasteiger partial charge < -0.3 is 16.2 Å². The van der Waals surface area contributed by atoms with Crippen LogP contribution in [0.4, 0.5) is 0 Å². The SMILES string of the molecule is CCC(N)C(=O)NCC(O)c1ccsc1. The first-order valence-electron chi connectivity index (χ1n) is 4.88. The number of amides is 1. The Bertz CT molecular complexity index is 300. The molecule has 0 saturated heterocycles. The van der Waals surface area contributed by atoms with E-state index in [0.29, 0.717) is 6.42 Å². The number of hydrogen-bond donors (Lipinski definition) is 3. The third kappa shape index (κ3) is 3.62. The highest BCUT2D eigenvalue weighted by Crippen LogP contribution is 2.14. The molecule has 0 aliphatic carbocycles. The Labute approximate surface area is 93.1 Å². The average Bonchev–Trinajstić information content (AvgIpc) is 2.77. The predicted octanol–water partition coefficient (Wildman–Crippen LogP) is 0.635. The van der Waals surface area contributed by atoms with Gasteiger partial charge in [-0.1, -0.05) is 6.92 Å². The Morgan fingerprint density at radius 1 is 1.73 bits per heavy atom. The summed E-state index contributed by atoms with van der Waals surface area (Å²) >= 11 is 1.52. The van der Waals surface area contributed by atoms with Gasteiger partial charge in [-0.25, -0.2) is 0 Å². The lowest BCUT2D eigenvalue weighted by molar-refractivity contribution is -0.122. The van der Waals surface area contributed by atoms with Crippen molar-refractivity contribution in [2.45, 2.75) is 25.5 Å². The second-order valence-electron chi connectivity index (χ2n) is 3.33. The molecule has 1 aromatic rings. The second kappa shape index (κ2) is 5.85. The topological polar surface area (TPSA) is 75.4 Å². The molecule has 0 spiro atoms. The van der Waals surface area contributed by atoms with Crippen molar-refractivity contribution in [2.75, 3.05) is 6.54 Å². The molecule has 1 amide bonds. The van der Waals surface area contributed by atoms with Gasteiger partial charge in [-0.15, -0.1) is 0 Å². The maximum atomic E-state index is 11.3. The van der Waals surface area contributed by atoms with Gasteiger partial charge in [0.15, 0.2) is 0 Å². The van der Waals surface area contributed by atoms with Gasteiger partial charge in [-0.2, -0.15) is 11.3 Å². The number of thiophene rings is 1. The first-order chi connectivity index (χ1) is 7.15. The van der Waals surface area contributed by atoms with Gasteiger partial charge in [-0.3, -0.25) is 4.79 Å². The van der Waals surface area contributed by atoms with Crippen molar-refractivity contribution in [1.82, 2.24) is 5.32 Å². The third-order valence-corrected chi connectivity index (χ3v) is 2.88. The molecular formula is C10H16N2O2S. The molecule has 0 aliphatic heterocycles. The number of aliphatic hydroxyl groups is 1. The van der Waals surface area contributed by atoms with Crippen molar-refractivity contribution in [3.05, 3.63) is 22.4 Å². The lowest BCUT2D eigenvalue weighted by atomic mass is 10.2. The van der Waals surface area contributed by atoms with Crippen molar-refractivity contribution in [3.63, 3.8) is 0 Å². The molecule has 84 valence electrons. The maximum absolute atomic E-state index is 11.3. The molecule has 15 heavy (non-hydrogen) atoms. The van der Waals surface area contributed by atoms with Crippen molar-refractivity contribution < 1.29 is 9.90 Å². The summed E-state index contributed by atoms with van der Waals surface area (Å²) in [5.74, 6) is -0.216. The summed E-state index contributed by atoms with van der Waals surface area (Å²) < 4.78 is 0. The molecule has 5 heteroatoms. The Morgan fingerprint density at radius 2 is 2.47 bits per heavy atom. The standard InChI is InChI=1S/C10H16N2O2S/c1-2-8(11)10(14)12-5-9(13)7-3-4-15-6-7/h3-4,6,8-9,13H,2,5,11H2,1H3,(H,12,14). The van der Waals surface area contributed by atoms with E-state index < -0.39 is 12.1 Å². The van der Waals surface area contributed by atoms with E-state index in [9.17, 15) is 9.90 Å². The summed E-state index contributed by atoms with van der Waals surface area (Å²) in [7, 11) is 0. The Balaban J connectivity index is 2.34. The summed E-state index contributed by atoms with van der Waals surface area (Å²) in [6.07, 6.45) is -0.0512. The minimum Gasteiger partial charge on any atom is -0.387 e. The monoisotopic (exact) mass is 228 g/mol. The molecule has 1 aromatic heterocycles. The maximum Gasteiger partial charge on any atom is 0.237 e. The third-order valence-electron chi connectivity index (χ3n) is 2.17. The number of rotatable bonds is 5. The van der Waals surface area contributed by atoms with Gasteiger partial charge in [0.05, 0.1) is 12.1 Å². The first-order valence-corrected chi connectivity index (χ1v) is 5.83. The van der Waals surface area contributed by atoms with Crippen LogP contribution in [0, 0.1) is 0 Å². The fraction of sp³-hybridized carbons (Fsp3) is 0.500. The smallest absolute Gasteiger partial charge is 0.237 e. The molecule has 0 aromatic carbocycles. The summed E-state index contributed by atoms with van der Waals surface area (Å²) in [5.41, 5.74) is 6.35. The molecular weight excluding hydrogens is 212 g/mol. The zero-order valence-electron chi connectivity index (χ0n) is 8.64. The summed E-state index contributed by atoms with van der Waals surface area (Å²) in [4.78, 5) is 11.3. The van der Waals surface area contributed by atoms with Gasteiger partial charge in [0.1, 0.15) is 0 Å². The average molecular weight is 228 g/mol. The lowest BCUT2D eigenvalue weighted by Gasteiger charge is -2.13. The van der Waals surface area contributed by atoms with E-state index in [1.165, 1.54) is 11.3 Å². The highest BCUT2D eigenvalue weighted by molar-refractivity contribution is 7.07. The lowest BCUT2D eigenvalue weighted by Crippen LogP contribution is -2.41. The van der Waals surface area contributed by atoms with E-state index in [0.717, 1.165) is 5.56 Å². The molecule has 1 rings (SSSR count). The van der Waals surface area contributed by atoms with Crippen molar-refractivity contribution in [3.8, 4) is 0 Å².